The molecule has 1 saturated heterocycles. The summed E-state index contributed by atoms with van der Waals surface area (Å²) < 4.78 is 0. The van der Waals surface area contributed by atoms with Gasteiger partial charge in [-0.05, 0) is 12.0 Å². The zero-order valence-corrected chi connectivity index (χ0v) is 20.1. The second-order valence-corrected chi connectivity index (χ2v) is 9.67. The largest absolute Gasteiger partial charge is 0.492 e. The molecule has 1 aliphatic heterocycles. The number of nitrogens with zero attached hydrogens (tertiary/aromatic N) is 5. The Kier molecular flexibility index (Phi) is 5.88. The molecule has 4 heterocycles. The van der Waals surface area contributed by atoms with Gasteiger partial charge >= 0.3 is 0 Å². The van der Waals surface area contributed by atoms with Gasteiger partial charge in [-0.2, -0.15) is 5.10 Å². The van der Waals surface area contributed by atoms with Crippen molar-refractivity contribution in [3.05, 3.63) is 76.7 Å². The van der Waals surface area contributed by atoms with Gasteiger partial charge in [0, 0.05) is 36.8 Å². The Labute approximate surface area is 210 Å². The van der Waals surface area contributed by atoms with Gasteiger partial charge in [-0.1, -0.05) is 54.6 Å². The lowest BCUT2D eigenvalue weighted by molar-refractivity contribution is 0.0941. The van der Waals surface area contributed by atoms with Crippen molar-refractivity contribution in [3.63, 3.8) is 0 Å². The number of hydrogen-bond donors (Lipinski definition) is 3. The van der Waals surface area contributed by atoms with Crippen molar-refractivity contribution < 1.29 is 9.90 Å². The van der Waals surface area contributed by atoms with E-state index in [1.54, 1.807) is 11.7 Å². The van der Waals surface area contributed by atoms with E-state index in [1.807, 2.05) is 42.5 Å². The van der Waals surface area contributed by atoms with Gasteiger partial charge in [0.15, 0.2) is 5.52 Å². The van der Waals surface area contributed by atoms with E-state index in [1.165, 1.54) is 16.9 Å². The molecule has 5 aromatic rings. The number of benzene rings is 2. The number of hydrogen-bond acceptors (Lipinski definition) is 8. The van der Waals surface area contributed by atoms with E-state index < -0.39 is 0 Å². The van der Waals surface area contributed by atoms with Crippen molar-refractivity contribution >= 4 is 28.4 Å². The highest BCUT2D eigenvalue weighted by Gasteiger charge is 2.25. The van der Waals surface area contributed by atoms with Gasteiger partial charge < -0.3 is 10.4 Å². The fourth-order valence-corrected chi connectivity index (χ4v) is 5.05. The van der Waals surface area contributed by atoms with Crippen molar-refractivity contribution in [1.82, 2.24) is 35.4 Å². The van der Waals surface area contributed by atoms with Crippen molar-refractivity contribution in [2.75, 3.05) is 13.1 Å². The molecule has 1 atom stereocenters. The molecule has 9 nitrogen and oxygen atoms in total. The van der Waals surface area contributed by atoms with Crippen molar-refractivity contribution in [3.8, 4) is 28.4 Å². The van der Waals surface area contributed by atoms with Gasteiger partial charge in [0.1, 0.15) is 4.88 Å². The first-order valence-corrected chi connectivity index (χ1v) is 12.5. The molecule has 2 aromatic carbocycles. The van der Waals surface area contributed by atoms with Crippen molar-refractivity contribution in [2.24, 2.45) is 0 Å². The molecule has 3 aromatic heterocycles. The second kappa shape index (κ2) is 9.48. The number of nitrogens with one attached hydrogen (secondary N) is 2. The maximum absolute atomic E-state index is 12.3. The average molecular weight is 498 g/mol. The molecule has 0 radical (unpaired) electrons. The molecule has 0 unspecified atom stereocenters. The molecule has 0 saturated carbocycles. The quantitative estimate of drug-likeness (QED) is 0.326. The number of aromatic nitrogens is 5. The van der Waals surface area contributed by atoms with Crippen LogP contribution in [0.15, 0.2) is 66.3 Å². The van der Waals surface area contributed by atoms with Crippen LogP contribution in [0.4, 0.5) is 0 Å². The molecule has 0 bridgehead atoms. The Hall–Kier alpha value is -4.15. The number of rotatable bonds is 6. The number of carbonyl (C=O) groups is 1. The topological polar surface area (TPSA) is 120 Å². The summed E-state index contributed by atoms with van der Waals surface area (Å²) in [6.45, 7) is 2.55. The Morgan fingerprint density at radius 2 is 1.86 bits per heavy atom. The number of thiazole rings is 1. The van der Waals surface area contributed by atoms with Gasteiger partial charge in [-0.15, -0.1) is 11.3 Å². The molecule has 10 heteroatoms. The van der Waals surface area contributed by atoms with Crippen LogP contribution in [0.5, 0.6) is 5.88 Å². The highest BCUT2D eigenvalue weighted by atomic mass is 32.1. The highest BCUT2D eigenvalue weighted by molar-refractivity contribution is 7.11. The lowest BCUT2D eigenvalue weighted by Gasteiger charge is -2.17. The van der Waals surface area contributed by atoms with E-state index in [-0.39, 0.29) is 17.8 Å². The molecular formula is C26H23N7O2S. The molecule has 1 fully saturated rings. The summed E-state index contributed by atoms with van der Waals surface area (Å²) >= 11 is 1.35. The lowest BCUT2D eigenvalue weighted by atomic mass is 10.0. The third kappa shape index (κ3) is 4.43. The van der Waals surface area contributed by atoms with E-state index in [0.29, 0.717) is 27.4 Å². The smallest absolute Gasteiger partial charge is 0.263 e. The van der Waals surface area contributed by atoms with Gasteiger partial charge in [0.05, 0.1) is 23.1 Å². The summed E-state index contributed by atoms with van der Waals surface area (Å²) in [6, 6.07) is 18.2. The molecule has 36 heavy (non-hydrogen) atoms. The second-order valence-electron chi connectivity index (χ2n) is 8.79. The third-order valence-corrected chi connectivity index (χ3v) is 7.09. The van der Waals surface area contributed by atoms with Gasteiger partial charge in [-0.3, -0.25) is 14.7 Å². The van der Waals surface area contributed by atoms with Crippen LogP contribution in [0.1, 0.15) is 21.7 Å². The summed E-state index contributed by atoms with van der Waals surface area (Å²) in [4.78, 5) is 28.7. The monoisotopic (exact) mass is 497 g/mol. The van der Waals surface area contributed by atoms with Crippen molar-refractivity contribution in [1.29, 1.82) is 0 Å². The fraction of sp³-hybridized carbons (Fsp3) is 0.192. The lowest BCUT2D eigenvalue weighted by Crippen LogP contribution is -2.36. The first kappa shape index (κ1) is 22.3. The number of fused-ring (bicyclic) bond motifs is 1. The number of amides is 1. The normalized spacial score (nSPS) is 15.9. The summed E-state index contributed by atoms with van der Waals surface area (Å²) in [5.41, 5.74) is 6.80. The number of H-pyrrole nitrogens is 1. The molecule has 1 aliphatic rings. The molecule has 0 spiro atoms. The van der Waals surface area contributed by atoms with Gasteiger partial charge in [0.2, 0.25) is 11.5 Å². The molecule has 180 valence electrons. The van der Waals surface area contributed by atoms with E-state index in [9.17, 15) is 9.90 Å². The molecular weight excluding hydrogens is 474 g/mol. The Morgan fingerprint density at radius 3 is 2.64 bits per heavy atom. The zero-order chi connectivity index (χ0) is 24.5. The first-order valence-electron chi connectivity index (χ1n) is 11.7. The molecule has 1 amide bonds. The standard InChI is InChI=1S/C26H23N7O2S/c34-25(20-12-27-15-36-20)28-19-10-11-33(14-19)13-16-6-8-18(9-7-16)22-21(17-4-2-1-3-5-17)29-23-24(30-22)31-32-26(23)35/h1-9,12,15,19H,10-11,13-14H2,(H,28,34)(H2,30,31,32,35)/t19-/m1/s1. The van der Waals surface area contributed by atoms with E-state index in [4.69, 9.17) is 4.98 Å². The van der Waals surface area contributed by atoms with Crippen LogP contribution in [-0.4, -0.2) is 60.2 Å². The minimum atomic E-state index is -0.0938. The van der Waals surface area contributed by atoms with E-state index >= 15 is 0 Å². The number of aromatic amines is 1. The van der Waals surface area contributed by atoms with Crippen LogP contribution < -0.4 is 5.32 Å². The average Bonchev–Trinajstić information content (AvgIpc) is 3.67. The van der Waals surface area contributed by atoms with Crippen LogP contribution in [0, 0.1) is 0 Å². The third-order valence-electron chi connectivity index (χ3n) is 6.31. The minimum absolute atomic E-state index is 0.0498. The summed E-state index contributed by atoms with van der Waals surface area (Å²) in [5, 5.41) is 19.8. The molecule has 3 N–H and O–H groups in total. The van der Waals surface area contributed by atoms with Crippen LogP contribution >= 0.6 is 11.3 Å². The number of aromatic hydroxyl groups is 1. The predicted octanol–water partition coefficient (Wildman–Crippen LogP) is 3.85. The van der Waals surface area contributed by atoms with Gasteiger partial charge in [0.25, 0.3) is 5.91 Å². The first-order chi connectivity index (χ1) is 17.6. The van der Waals surface area contributed by atoms with Crippen molar-refractivity contribution in [2.45, 2.75) is 19.0 Å². The van der Waals surface area contributed by atoms with Crippen LogP contribution in [0.2, 0.25) is 0 Å². The van der Waals surface area contributed by atoms with E-state index in [2.05, 4.69) is 42.5 Å². The number of carbonyl (C=O) groups excluding carboxylic acids is 1. The fourth-order valence-electron chi connectivity index (χ4n) is 4.53. The molecule has 0 aliphatic carbocycles. The maximum atomic E-state index is 12.3. The van der Waals surface area contributed by atoms with Crippen LogP contribution in [0.25, 0.3) is 33.7 Å². The molecule has 6 rings (SSSR count). The summed E-state index contributed by atoms with van der Waals surface area (Å²) in [7, 11) is 0. The van der Waals surface area contributed by atoms with Gasteiger partial charge in [-0.25, -0.2) is 15.1 Å². The number of likely N-dealkylation sites (tertiary alicyclic amines) is 1. The summed E-state index contributed by atoms with van der Waals surface area (Å²) in [6.07, 6.45) is 2.53. The minimum Gasteiger partial charge on any atom is -0.492 e. The zero-order valence-electron chi connectivity index (χ0n) is 19.3. The maximum Gasteiger partial charge on any atom is 0.263 e. The Bertz CT molecular complexity index is 1500. The Balaban J connectivity index is 1.19. The summed E-state index contributed by atoms with van der Waals surface area (Å²) in [5.74, 6) is -0.144. The van der Waals surface area contributed by atoms with Crippen LogP contribution in [0.3, 0.4) is 0 Å². The SMILES string of the molecule is O=C(N[C@@H]1CCN(Cc2ccc(-c3nc4n[nH]c(O)c4nc3-c3ccccc3)cc2)C1)c1cncs1. The van der Waals surface area contributed by atoms with Crippen LogP contribution in [-0.2, 0) is 6.54 Å². The predicted molar refractivity (Wildman–Crippen MR) is 137 cm³/mol. The van der Waals surface area contributed by atoms with E-state index in [0.717, 1.165) is 37.2 Å². The Morgan fingerprint density at radius 1 is 1.08 bits per heavy atom. The highest BCUT2D eigenvalue weighted by Crippen LogP contribution is 2.32.